The van der Waals surface area contributed by atoms with Gasteiger partial charge in [0, 0.05) is 5.56 Å². The molecule has 0 aliphatic heterocycles. The summed E-state index contributed by atoms with van der Waals surface area (Å²) in [5, 5.41) is 0. The Hall–Kier alpha value is -1.89. The van der Waals surface area contributed by atoms with Crippen molar-refractivity contribution in [2.75, 3.05) is 0 Å². The van der Waals surface area contributed by atoms with E-state index in [4.69, 9.17) is 0 Å². The summed E-state index contributed by atoms with van der Waals surface area (Å²) in [6, 6.07) is 7.80. The summed E-state index contributed by atoms with van der Waals surface area (Å²) in [4.78, 5) is 10.7. The maximum absolute atomic E-state index is 10.7. The van der Waals surface area contributed by atoms with Crippen LogP contribution in [0.3, 0.4) is 0 Å². The van der Waals surface area contributed by atoms with Gasteiger partial charge in [-0.25, -0.2) is 0 Å². The third-order valence-electron chi connectivity index (χ3n) is 2.73. The quantitative estimate of drug-likeness (QED) is 0.470. The first-order chi connectivity index (χ1) is 9.80. The molecule has 20 heavy (non-hydrogen) atoms. The van der Waals surface area contributed by atoms with Gasteiger partial charge in [0.25, 0.3) is 0 Å². The molecule has 0 aliphatic rings. The van der Waals surface area contributed by atoms with E-state index in [2.05, 4.69) is 18.7 Å². The van der Waals surface area contributed by atoms with E-state index in [0.717, 1.165) is 31.1 Å². The van der Waals surface area contributed by atoms with Crippen molar-refractivity contribution in [3.8, 4) is 0 Å². The third kappa shape index (κ3) is 7.52. The van der Waals surface area contributed by atoms with Gasteiger partial charge >= 0.3 is 0 Å². The van der Waals surface area contributed by atoms with Crippen LogP contribution in [0.15, 0.2) is 60.7 Å². The second-order valence-corrected chi connectivity index (χ2v) is 4.19. The molecule has 0 unspecified atom stereocenters. The van der Waals surface area contributed by atoms with Crippen LogP contribution in [0.5, 0.6) is 0 Å². The lowest BCUT2D eigenvalue weighted by Gasteiger charge is -2.03. The number of hydrogen-bond acceptors (Lipinski definition) is 1. The monoisotopic (exact) mass is 270 g/mol. The highest BCUT2D eigenvalue weighted by Crippen LogP contribution is 2.12. The van der Waals surface area contributed by atoms with Crippen LogP contribution in [0.25, 0.3) is 0 Å². The topological polar surface area (TPSA) is 17.1 Å². The van der Waals surface area contributed by atoms with Gasteiger partial charge in [-0.3, -0.25) is 4.79 Å². The molecule has 1 heteroatoms. The minimum atomic E-state index is 0.753. The number of carbonyl (C=O) groups is 1. The summed E-state index contributed by atoms with van der Waals surface area (Å²) in [6.45, 7) is 9.74. The fourth-order valence-electron chi connectivity index (χ4n) is 1.91. The van der Waals surface area contributed by atoms with Crippen molar-refractivity contribution in [2.45, 2.75) is 40.0 Å². The Morgan fingerprint density at radius 1 is 1.30 bits per heavy atom. The van der Waals surface area contributed by atoms with Gasteiger partial charge in [-0.05, 0) is 43.4 Å². The second kappa shape index (κ2) is 12.2. The van der Waals surface area contributed by atoms with E-state index in [1.54, 1.807) is 0 Å². The Kier molecular flexibility index (Phi) is 11.0. The molecule has 1 aromatic rings. The number of benzene rings is 1. The lowest BCUT2D eigenvalue weighted by Crippen LogP contribution is -1.89. The Labute approximate surface area is 123 Å². The van der Waals surface area contributed by atoms with Gasteiger partial charge in [0.05, 0.1) is 0 Å². The van der Waals surface area contributed by atoms with Gasteiger partial charge in [-0.2, -0.15) is 0 Å². The molecule has 0 bridgehead atoms. The van der Waals surface area contributed by atoms with Crippen molar-refractivity contribution in [3.63, 3.8) is 0 Å². The van der Waals surface area contributed by atoms with Crippen molar-refractivity contribution in [2.24, 2.45) is 0 Å². The van der Waals surface area contributed by atoms with Crippen LogP contribution in [0.2, 0.25) is 0 Å². The summed E-state index contributed by atoms with van der Waals surface area (Å²) in [7, 11) is 0. The molecule has 1 nitrogen and oxygen atoms in total. The van der Waals surface area contributed by atoms with Gasteiger partial charge in [-0.1, -0.05) is 62.9 Å². The third-order valence-corrected chi connectivity index (χ3v) is 2.73. The Bertz CT molecular complexity index is 453. The largest absolute Gasteiger partial charge is 0.298 e. The zero-order valence-electron chi connectivity index (χ0n) is 12.9. The molecule has 0 saturated heterocycles. The minimum absolute atomic E-state index is 0.753. The highest BCUT2D eigenvalue weighted by atomic mass is 16.1. The molecule has 0 aromatic heterocycles. The molecule has 0 N–H and O–H groups in total. The molecule has 0 amide bonds. The molecule has 0 atom stereocenters. The molecule has 0 spiro atoms. The average molecular weight is 270 g/mol. The summed E-state index contributed by atoms with van der Waals surface area (Å²) >= 11 is 0. The number of aldehydes is 1. The zero-order valence-corrected chi connectivity index (χ0v) is 12.9. The van der Waals surface area contributed by atoms with E-state index in [9.17, 15) is 4.79 Å². The van der Waals surface area contributed by atoms with Crippen molar-refractivity contribution in [1.82, 2.24) is 0 Å². The van der Waals surface area contributed by atoms with Crippen molar-refractivity contribution >= 4 is 6.29 Å². The summed E-state index contributed by atoms with van der Waals surface area (Å²) in [5.41, 5.74) is 3.26. The maximum atomic E-state index is 10.7. The molecule has 0 aliphatic carbocycles. The summed E-state index contributed by atoms with van der Waals surface area (Å²) in [6.07, 6.45) is 12.0. The fourth-order valence-corrected chi connectivity index (χ4v) is 1.91. The smallest absolute Gasteiger partial charge is 0.150 e. The van der Waals surface area contributed by atoms with Gasteiger partial charge in [0.15, 0.2) is 0 Å². The fraction of sp³-hybridized carbons (Fsp3) is 0.316. The normalized spacial score (nSPS) is 10.8. The van der Waals surface area contributed by atoms with Crippen LogP contribution in [0.1, 0.15) is 49.5 Å². The number of rotatable bonds is 7. The van der Waals surface area contributed by atoms with Crippen LogP contribution in [-0.2, 0) is 6.42 Å². The number of carbonyl (C=O) groups excluding carboxylic acids is 1. The van der Waals surface area contributed by atoms with Crippen molar-refractivity contribution < 1.29 is 4.79 Å². The number of aryl methyl sites for hydroxylation is 1. The Morgan fingerprint density at radius 3 is 2.65 bits per heavy atom. The van der Waals surface area contributed by atoms with E-state index < -0.39 is 0 Å². The van der Waals surface area contributed by atoms with E-state index in [0.29, 0.717) is 0 Å². The molecule has 0 fully saturated rings. The van der Waals surface area contributed by atoms with Gasteiger partial charge in [0.1, 0.15) is 6.29 Å². The van der Waals surface area contributed by atoms with Crippen LogP contribution >= 0.6 is 0 Å². The highest BCUT2D eigenvalue weighted by molar-refractivity contribution is 5.74. The van der Waals surface area contributed by atoms with Gasteiger partial charge < -0.3 is 0 Å². The highest BCUT2D eigenvalue weighted by Gasteiger charge is 1.97. The molecule has 108 valence electrons. The predicted molar refractivity (Wildman–Crippen MR) is 89.2 cm³/mol. The first-order valence-corrected chi connectivity index (χ1v) is 7.28. The Morgan fingerprint density at radius 2 is 2.05 bits per heavy atom. The van der Waals surface area contributed by atoms with Crippen LogP contribution in [0.4, 0.5) is 0 Å². The van der Waals surface area contributed by atoms with E-state index >= 15 is 0 Å². The van der Waals surface area contributed by atoms with Crippen molar-refractivity contribution in [1.29, 1.82) is 0 Å². The lowest BCUT2D eigenvalue weighted by molar-refractivity contribution is 0.112. The molecule has 0 radical (unpaired) electrons. The van der Waals surface area contributed by atoms with E-state index in [1.807, 2.05) is 57.2 Å². The predicted octanol–water partition coefficient (Wildman–Crippen LogP) is 5.54. The molecule has 1 rings (SSSR count). The van der Waals surface area contributed by atoms with Crippen LogP contribution in [-0.4, -0.2) is 6.29 Å². The molecule has 1 aromatic carbocycles. The first kappa shape index (κ1) is 18.1. The minimum Gasteiger partial charge on any atom is -0.298 e. The van der Waals surface area contributed by atoms with Gasteiger partial charge in [-0.15, -0.1) is 0 Å². The molecular weight excluding hydrogens is 244 g/mol. The lowest BCUT2D eigenvalue weighted by atomic mass is 10.0. The van der Waals surface area contributed by atoms with Crippen molar-refractivity contribution in [3.05, 3.63) is 71.8 Å². The summed E-state index contributed by atoms with van der Waals surface area (Å²) < 4.78 is 0. The maximum Gasteiger partial charge on any atom is 0.150 e. The van der Waals surface area contributed by atoms with Gasteiger partial charge in [0.2, 0.25) is 0 Å². The second-order valence-electron chi connectivity index (χ2n) is 4.19. The SMILES string of the molecule is C=C/C=C(\C=C/C)CCCc1cccc(C=O)c1.CC. The zero-order chi connectivity index (χ0) is 15.2. The van der Waals surface area contributed by atoms with E-state index in [-0.39, 0.29) is 0 Å². The average Bonchev–Trinajstić information content (AvgIpc) is 2.50. The molecule has 0 saturated carbocycles. The van der Waals surface area contributed by atoms with E-state index in [1.165, 1.54) is 11.1 Å². The first-order valence-electron chi connectivity index (χ1n) is 7.28. The number of allylic oxidation sites excluding steroid dienone is 5. The number of hydrogen-bond donors (Lipinski definition) is 0. The standard InChI is InChI=1S/C17H20O.C2H6/c1-3-7-15(8-4-2)9-5-10-16-11-6-12-17(13-16)14-18;1-2/h3-4,6-8,11-14H,1,5,9-10H2,2H3;1-2H3/b8-4-,15-7+;. The molecule has 0 heterocycles. The van der Waals surface area contributed by atoms with Crippen LogP contribution < -0.4 is 0 Å². The Balaban J connectivity index is 0.00000172. The molecular formula is C19H26O. The van der Waals surface area contributed by atoms with Crippen LogP contribution in [0, 0.1) is 0 Å². The summed E-state index contributed by atoms with van der Waals surface area (Å²) in [5.74, 6) is 0.